The van der Waals surface area contributed by atoms with Crippen LogP contribution in [-0.2, 0) is 14.3 Å². The number of ether oxygens (including phenoxy) is 2. The van der Waals surface area contributed by atoms with Crippen LogP contribution in [0.4, 0.5) is 0 Å². The summed E-state index contributed by atoms with van der Waals surface area (Å²) in [4.78, 5) is 13.1. The summed E-state index contributed by atoms with van der Waals surface area (Å²) in [5.41, 5.74) is 0. The van der Waals surface area contributed by atoms with Gasteiger partial charge in [0, 0.05) is 6.42 Å². The number of unbranched alkanes of at least 4 members (excludes halogenated alkanes) is 35. The minimum atomic E-state index is -1.57. The molecule has 0 saturated carbocycles. The second kappa shape index (κ2) is 53.3. The lowest BCUT2D eigenvalue weighted by molar-refractivity contribution is -0.302. The Hall–Kier alpha value is -2.11. The van der Waals surface area contributed by atoms with E-state index in [1.165, 1.54) is 199 Å². The lowest BCUT2D eigenvalue weighted by Crippen LogP contribution is -2.60. The molecule has 0 aromatic heterocycles. The zero-order valence-corrected chi connectivity index (χ0v) is 47.4. The van der Waals surface area contributed by atoms with Gasteiger partial charge < -0.3 is 40.3 Å². The van der Waals surface area contributed by atoms with Crippen LogP contribution < -0.4 is 5.32 Å². The molecule has 7 unspecified atom stereocenters. The highest BCUT2D eigenvalue weighted by molar-refractivity contribution is 5.76. The molecule has 0 aromatic rings. The van der Waals surface area contributed by atoms with E-state index in [-0.39, 0.29) is 12.5 Å². The fourth-order valence-corrected chi connectivity index (χ4v) is 9.74. The van der Waals surface area contributed by atoms with Crippen LogP contribution in [0.5, 0.6) is 0 Å². The van der Waals surface area contributed by atoms with Gasteiger partial charge in [0.05, 0.1) is 25.4 Å². The Kier molecular flexibility index (Phi) is 50.3. The number of allylic oxidation sites excluding steroid dienone is 9. The fourth-order valence-electron chi connectivity index (χ4n) is 9.74. The minimum absolute atomic E-state index is 0.174. The van der Waals surface area contributed by atoms with E-state index in [0.29, 0.717) is 6.42 Å². The smallest absolute Gasteiger partial charge is 0.220 e. The number of carbonyl (C=O) groups excluding carboxylic acids is 1. The van der Waals surface area contributed by atoms with Gasteiger partial charge in [-0.15, -0.1) is 0 Å². The zero-order chi connectivity index (χ0) is 52.9. The molecule has 9 heteroatoms. The monoisotopic (exact) mass is 1030 g/mol. The lowest BCUT2D eigenvalue weighted by Gasteiger charge is -2.40. The predicted octanol–water partition coefficient (Wildman–Crippen LogP) is 15.9. The van der Waals surface area contributed by atoms with E-state index < -0.39 is 49.5 Å². The highest BCUT2D eigenvalue weighted by Crippen LogP contribution is 2.23. The molecule has 73 heavy (non-hydrogen) atoms. The normalized spacial score (nSPS) is 19.5. The zero-order valence-electron chi connectivity index (χ0n) is 47.4. The van der Waals surface area contributed by atoms with Gasteiger partial charge >= 0.3 is 0 Å². The average Bonchev–Trinajstić information content (AvgIpc) is 3.39. The molecule has 7 atom stereocenters. The standard InChI is InChI=1S/C64H117NO8/c1-3-5-7-9-11-13-15-17-19-21-23-24-25-26-27-28-29-30-31-32-33-34-36-38-40-42-44-46-48-50-52-54-60(68)65-57(56-72-64-63(71)62(70)61(69)59(55-66)73-64)58(67)53-51-49-47-45-43-41-39-37-35-22-20-18-16-14-12-10-8-6-4-2/h5,7,11,13,17,19,23-24,51,53,57-59,61-64,66-67,69-71H,3-4,6,8-10,12,14-16,18,20-22,25-50,52,54-56H2,1-2H3,(H,65,68)/b7-5-,13-11-,19-17-,24-23-,53-51+. The highest BCUT2D eigenvalue weighted by atomic mass is 16.7. The topological polar surface area (TPSA) is 149 Å². The Bertz CT molecular complexity index is 1330. The first-order chi connectivity index (χ1) is 35.8. The Labute approximate surface area is 449 Å². The average molecular weight is 1030 g/mol. The summed E-state index contributed by atoms with van der Waals surface area (Å²) in [6, 6.07) is -0.806. The van der Waals surface area contributed by atoms with Crippen molar-refractivity contribution < 1.29 is 39.8 Å². The van der Waals surface area contributed by atoms with Crippen molar-refractivity contribution >= 4 is 5.91 Å². The second-order valence-corrected chi connectivity index (χ2v) is 21.5. The van der Waals surface area contributed by atoms with Crippen LogP contribution in [0, 0.1) is 0 Å². The van der Waals surface area contributed by atoms with Crippen molar-refractivity contribution in [2.24, 2.45) is 0 Å². The largest absolute Gasteiger partial charge is 0.394 e. The van der Waals surface area contributed by atoms with E-state index in [4.69, 9.17) is 9.47 Å². The maximum Gasteiger partial charge on any atom is 0.220 e. The van der Waals surface area contributed by atoms with E-state index in [0.717, 1.165) is 64.2 Å². The third-order valence-corrected chi connectivity index (χ3v) is 14.6. The molecule has 0 aromatic carbocycles. The van der Waals surface area contributed by atoms with E-state index in [2.05, 4.69) is 67.8 Å². The van der Waals surface area contributed by atoms with Gasteiger partial charge in [0.2, 0.25) is 5.91 Å². The van der Waals surface area contributed by atoms with Gasteiger partial charge in [-0.25, -0.2) is 0 Å². The molecule has 1 rings (SSSR count). The first-order valence-electron chi connectivity index (χ1n) is 31.0. The van der Waals surface area contributed by atoms with Gasteiger partial charge in [-0.05, 0) is 57.8 Å². The van der Waals surface area contributed by atoms with Crippen LogP contribution in [0.3, 0.4) is 0 Å². The maximum atomic E-state index is 13.1. The number of hydrogen-bond acceptors (Lipinski definition) is 8. The second-order valence-electron chi connectivity index (χ2n) is 21.5. The molecule has 9 nitrogen and oxygen atoms in total. The molecule has 0 aliphatic carbocycles. The van der Waals surface area contributed by atoms with Crippen molar-refractivity contribution in [3.63, 3.8) is 0 Å². The molecule has 0 radical (unpaired) electrons. The van der Waals surface area contributed by atoms with Crippen molar-refractivity contribution in [1.82, 2.24) is 5.32 Å². The van der Waals surface area contributed by atoms with E-state index >= 15 is 0 Å². The summed E-state index contributed by atoms with van der Waals surface area (Å²) in [6.45, 7) is 3.70. The van der Waals surface area contributed by atoms with Gasteiger partial charge in [0.1, 0.15) is 24.4 Å². The molecule has 6 N–H and O–H groups in total. The summed E-state index contributed by atoms with van der Waals surface area (Å²) < 4.78 is 11.3. The van der Waals surface area contributed by atoms with Crippen LogP contribution in [-0.4, -0.2) is 87.5 Å². The number of aliphatic hydroxyl groups excluding tert-OH is 5. The van der Waals surface area contributed by atoms with E-state index in [1.807, 2.05) is 6.08 Å². The Morgan fingerprint density at radius 1 is 0.479 bits per heavy atom. The molecular weight excluding hydrogens is 911 g/mol. The highest BCUT2D eigenvalue weighted by Gasteiger charge is 2.44. The Morgan fingerprint density at radius 3 is 1.26 bits per heavy atom. The van der Waals surface area contributed by atoms with E-state index in [9.17, 15) is 30.3 Å². The number of amides is 1. The van der Waals surface area contributed by atoms with Crippen LogP contribution >= 0.6 is 0 Å². The molecule has 1 amide bonds. The number of aliphatic hydroxyl groups is 5. The van der Waals surface area contributed by atoms with E-state index in [1.54, 1.807) is 6.08 Å². The van der Waals surface area contributed by atoms with Gasteiger partial charge in [-0.2, -0.15) is 0 Å². The van der Waals surface area contributed by atoms with Gasteiger partial charge in [-0.1, -0.05) is 280 Å². The number of nitrogens with one attached hydrogen (secondary N) is 1. The molecule has 1 aliphatic rings. The van der Waals surface area contributed by atoms with Crippen LogP contribution in [0.15, 0.2) is 60.8 Å². The third kappa shape index (κ3) is 42.7. The molecule has 0 spiro atoms. The first-order valence-corrected chi connectivity index (χ1v) is 31.0. The maximum absolute atomic E-state index is 13.1. The number of rotatable bonds is 53. The van der Waals surface area contributed by atoms with Crippen molar-refractivity contribution in [3.8, 4) is 0 Å². The quantitative estimate of drug-likeness (QED) is 0.0261. The molecule has 426 valence electrons. The summed E-state index contributed by atoms with van der Waals surface area (Å²) in [6.07, 6.45) is 65.8. The fraction of sp³-hybridized carbons (Fsp3) is 0.828. The van der Waals surface area contributed by atoms with Crippen molar-refractivity contribution in [2.75, 3.05) is 13.2 Å². The number of hydrogen-bond donors (Lipinski definition) is 6. The molecule has 1 aliphatic heterocycles. The molecular formula is C64H117NO8. The van der Waals surface area contributed by atoms with Crippen molar-refractivity contribution in [2.45, 2.75) is 326 Å². The summed E-state index contributed by atoms with van der Waals surface area (Å²) in [7, 11) is 0. The van der Waals surface area contributed by atoms with Crippen LogP contribution in [0.25, 0.3) is 0 Å². The summed E-state index contributed by atoms with van der Waals surface area (Å²) in [5, 5.41) is 54.6. The van der Waals surface area contributed by atoms with Gasteiger partial charge in [-0.3, -0.25) is 4.79 Å². The molecule has 1 heterocycles. The van der Waals surface area contributed by atoms with Crippen molar-refractivity contribution in [3.05, 3.63) is 60.8 Å². The van der Waals surface area contributed by atoms with Crippen LogP contribution in [0.2, 0.25) is 0 Å². The summed E-state index contributed by atoms with van der Waals surface area (Å²) in [5.74, 6) is -0.174. The van der Waals surface area contributed by atoms with Gasteiger partial charge in [0.15, 0.2) is 6.29 Å². The SMILES string of the molecule is CC/C=C\C/C=C\C/C=C\C/C=C\CCCCCCCCCCCCCCCCCCCCC(=O)NC(COC1OC(CO)C(O)C(O)C1O)C(O)/C=C/CCCCCCCCCCCCCCCCCCC. The third-order valence-electron chi connectivity index (χ3n) is 14.6. The Balaban J connectivity index is 2.15. The summed E-state index contributed by atoms with van der Waals surface area (Å²) >= 11 is 0. The van der Waals surface area contributed by atoms with Crippen LogP contribution in [0.1, 0.15) is 284 Å². The number of carbonyl (C=O) groups is 1. The molecule has 1 saturated heterocycles. The first kappa shape index (κ1) is 68.9. The minimum Gasteiger partial charge on any atom is -0.394 e. The lowest BCUT2D eigenvalue weighted by atomic mass is 9.99. The van der Waals surface area contributed by atoms with Gasteiger partial charge in [0.25, 0.3) is 0 Å². The van der Waals surface area contributed by atoms with Crippen molar-refractivity contribution in [1.29, 1.82) is 0 Å². The Morgan fingerprint density at radius 2 is 0.849 bits per heavy atom. The molecule has 1 fully saturated rings. The molecule has 0 bridgehead atoms. The predicted molar refractivity (Wildman–Crippen MR) is 309 cm³/mol.